The van der Waals surface area contributed by atoms with Crippen LogP contribution >= 0.6 is 0 Å². The first-order valence-electron chi connectivity index (χ1n) is 5.22. The van der Waals surface area contributed by atoms with Gasteiger partial charge in [-0.15, -0.1) is 0 Å². The molecule has 7 nitrogen and oxygen atoms in total. The van der Waals surface area contributed by atoms with Crippen molar-refractivity contribution in [3.05, 3.63) is 0 Å². The molecule has 16 heavy (non-hydrogen) atoms. The van der Waals surface area contributed by atoms with Gasteiger partial charge in [-0.2, -0.15) is 0 Å². The van der Waals surface area contributed by atoms with Crippen molar-refractivity contribution in [2.45, 2.75) is 6.04 Å². The largest absolute Gasteiger partial charge is 0.333 e. The van der Waals surface area contributed by atoms with Crippen LogP contribution in [0.15, 0.2) is 0 Å². The van der Waals surface area contributed by atoms with E-state index >= 15 is 0 Å². The zero-order valence-electron chi connectivity index (χ0n) is 8.92. The molecule has 0 saturated carbocycles. The van der Waals surface area contributed by atoms with Crippen molar-refractivity contribution in [2.75, 3.05) is 37.7 Å². The summed E-state index contributed by atoms with van der Waals surface area (Å²) in [6.45, 7) is 1.87. The smallest absolute Gasteiger partial charge is 0.317 e. The summed E-state index contributed by atoms with van der Waals surface area (Å²) in [7, 11) is -2.93. The Labute approximate surface area is 94.4 Å². The summed E-state index contributed by atoms with van der Waals surface area (Å²) in [6, 6.07) is -0.0935. The molecular weight excluding hydrogens is 232 g/mol. The van der Waals surface area contributed by atoms with E-state index in [0.717, 1.165) is 0 Å². The summed E-state index contributed by atoms with van der Waals surface area (Å²) in [5, 5.41) is 4.43. The van der Waals surface area contributed by atoms with Crippen molar-refractivity contribution in [3.63, 3.8) is 0 Å². The van der Waals surface area contributed by atoms with Crippen LogP contribution in [-0.2, 0) is 9.84 Å². The van der Waals surface area contributed by atoms with Crippen LogP contribution in [0.4, 0.5) is 4.79 Å². The quantitative estimate of drug-likeness (QED) is 0.522. The minimum absolute atomic E-state index is 0.0636. The summed E-state index contributed by atoms with van der Waals surface area (Å²) in [5.74, 6) is 5.57. The van der Waals surface area contributed by atoms with Gasteiger partial charge in [0.15, 0.2) is 9.84 Å². The molecule has 0 unspecified atom stereocenters. The van der Waals surface area contributed by atoms with Crippen LogP contribution in [0.25, 0.3) is 0 Å². The summed E-state index contributed by atoms with van der Waals surface area (Å²) >= 11 is 0. The maximum absolute atomic E-state index is 11.7. The molecule has 2 amide bonds. The number of nitrogens with zero attached hydrogens (tertiary/aromatic N) is 2. The van der Waals surface area contributed by atoms with Gasteiger partial charge in [-0.05, 0) is 0 Å². The molecule has 0 aromatic rings. The van der Waals surface area contributed by atoms with Gasteiger partial charge in [-0.1, -0.05) is 0 Å². The molecule has 0 aliphatic carbocycles. The molecule has 3 N–H and O–H groups in total. The van der Waals surface area contributed by atoms with Crippen molar-refractivity contribution in [1.29, 1.82) is 0 Å². The van der Waals surface area contributed by atoms with Gasteiger partial charge >= 0.3 is 6.03 Å². The van der Waals surface area contributed by atoms with Crippen LogP contribution in [0.3, 0.4) is 0 Å². The molecule has 8 heteroatoms. The van der Waals surface area contributed by atoms with Gasteiger partial charge in [0.1, 0.15) is 0 Å². The lowest BCUT2D eigenvalue weighted by Crippen LogP contribution is -2.64. The predicted octanol–water partition coefficient (Wildman–Crippen LogP) is -2.02. The summed E-state index contributed by atoms with van der Waals surface area (Å²) < 4.78 is 22.3. The fourth-order valence-corrected chi connectivity index (χ4v) is 2.99. The number of rotatable bonds is 1. The zero-order chi connectivity index (χ0) is 11.8. The van der Waals surface area contributed by atoms with Crippen molar-refractivity contribution < 1.29 is 13.2 Å². The van der Waals surface area contributed by atoms with Crippen LogP contribution in [-0.4, -0.2) is 68.1 Å². The molecule has 2 fully saturated rings. The van der Waals surface area contributed by atoms with Gasteiger partial charge < -0.3 is 10.2 Å². The molecule has 2 rings (SSSR count). The Morgan fingerprint density at radius 3 is 2.31 bits per heavy atom. The Kier molecular flexibility index (Phi) is 3.04. The number of nitrogens with two attached hydrogens (primary N) is 1. The number of hydrogen-bond acceptors (Lipinski definition) is 5. The van der Waals surface area contributed by atoms with Crippen molar-refractivity contribution in [1.82, 2.24) is 15.2 Å². The molecule has 0 bridgehead atoms. The highest BCUT2D eigenvalue weighted by Gasteiger charge is 2.29. The Bertz CT molecular complexity index is 363. The van der Waals surface area contributed by atoms with Crippen LogP contribution in [0.2, 0.25) is 0 Å². The normalized spacial score (nSPS) is 26.2. The summed E-state index contributed by atoms with van der Waals surface area (Å²) in [6.07, 6.45) is 0. The fourth-order valence-electron chi connectivity index (χ4n) is 1.79. The Morgan fingerprint density at radius 1 is 1.25 bits per heavy atom. The molecule has 0 aromatic heterocycles. The van der Waals surface area contributed by atoms with Crippen LogP contribution in [0.5, 0.6) is 0 Å². The summed E-state index contributed by atoms with van der Waals surface area (Å²) in [4.78, 5) is 13.2. The molecule has 0 radical (unpaired) electrons. The number of nitrogens with one attached hydrogen (secondary N) is 1. The highest BCUT2D eigenvalue weighted by atomic mass is 32.2. The monoisotopic (exact) mass is 248 g/mol. The molecule has 0 atom stereocenters. The zero-order valence-corrected chi connectivity index (χ0v) is 9.74. The number of carbonyl (C=O) groups is 1. The predicted molar refractivity (Wildman–Crippen MR) is 58.3 cm³/mol. The third-order valence-electron chi connectivity index (χ3n) is 2.87. The lowest BCUT2D eigenvalue weighted by Gasteiger charge is -2.37. The van der Waals surface area contributed by atoms with Crippen molar-refractivity contribution >= 4 is 15.9 Å². The van der Waals surface area contributed by atoms with Crippen LogP contribution in [0, 0.1) is 0 Å². The van der Waals surface area contributed by atoms with E-state index in [1.807, 2.05) is 0 Å². The van der Waals surface area contributed by atoms with E-state index < -0.39 is 9.84 Å². The highest BCUT2D eigenvalue weighted by Crippen LogP contribution is 2.06. The van der Waals surface area contributed by atoms with Gasteiger partial charge in [0.05, 0.1) is 17.5 Å². The average Bonchev–Trinajstić information content (AvgIpc) is 2.15. The standard InChI is InChI=1S/C8H16N4O3S/c9-12-5-7(6-12)10-8(13)11-1-3-16(14,15)4-2-11/h7H,1-6,9H2,(H,10,13). The maximum atomic E-state index is 11.7. The first-order valence-corrected chi connectivity index (χ1v) is 7.04. The molecule has 2 saturated heterocycles. The van der Waals surface area contributed by atoms with Crippen molar-refractivity contribution in [2.24, 2.45) is 5.84 Å². The third-order valence-corrected chi connectivity index (χ3v) is 4.48. The van der Waals surface area contributed by atoms with Crippen LogP contribution in [0.1, 0.15) is 0 Å². The number of hydrazine groups is 1. The molecule has 0 spiro atoms. The maximum Gasteiger partial charge on any atom is 0.317 e. The molecular formula is C8H16N4O3S. The second kappa shape index (κ2) is 4.19. The Hall–Kier alpha value is -0.860. The first-order chi connectivity index (χ1) is 7.46. The fraction of sp³-hybridized carbons (Fsp3) is 0.875. The molecule has 2 heterocycles. The van der Waals surface area contributed by atoms with E-state index in [2.05, 4.69) is 5.32 Å². The lowest BCUT2D eigenvalue weighted by atomic mass is 10.2. The number of urea groups is 1. The van der Waals surface area contributed by atoms with Gasteiger partial charge in [-0.25, -0.2) is 18.2 Å². The first kappa shape index (κ1) is 11.6. The second-order valence-corrected chi connectivity index (χ2v) is 6.54. The Morgan fingerprint density at radius 2 is 1.81 bits per heavy atom. The van der Waals surface area contributed by atoms with E-state index in [4.69, 9.17) is 5.84 Å². The van der Waals surface area contributed by atoms with Gasteiger partial charge in [0, 0.05) is 26.2 Å². The molecule has 2 aliphatic heterocycles. The van der Waals surface area contributed by atoms with E-state index in [-0.39, 0.29) is 36.7 Å². The second-order valence-electron chi connectivity index (χ2n) is 4.24. The van der Waals surface area contributed by atoms with Crippen LogP contribution < -0.4 is 11.2 Å². The van der Waals surface area contributed by atoms with Crippen molar-refractivity contribution in [3.8, 4) is 0 Å². The Balaban J connectivity index is 1.78. The number of carbonyl (C=O) groups excluding carboxylic acids is 1. The van der Waals surface area contributed by atoms with Gasteiger partial charge in [-0.3, -0.25) is 5.84 Å². The minimum Gasteiger partial charge on any atom is -0.333 e. The van der Waals surface area contributed by atoms with E-state index in [9.17, 15) is 13.2 Å². The topological polar surface area (TPSA) is 95.7 Å². The van der Waals surface area contributed by atoms with E-state index in [0.29, 0.717) is 13.1 Å². The number of hydrogen-bond donors (Lipinski definition) is 2. The van der Waals surface area contributed by atoms with E-state index in [1.165, 1.54) is 0 Å². The van der Waals surface area contributed by atoms with E-state index in [1.54, 1.807) is 9.91 Å². The molecule has 2 aliphatic rings. The SMILES string of the molecule is NN1CC(NC(=O)N2CCS(=O)(=O)CC2)C1. The van der Waals surface area contributed by atoms with Gasteiger partial charge in [0.25, 0.3) is 0 Å². The average molecular weight is 248 g/mol. The summed E-state index contributed by atoms with van der Waals surface area (Å²) in [5.41, 5.74) is 0. The highest BCUT2D eigenvalue weighted by molar-refractivity contribution is 7.91. The minimum atomic E-state index is -2.93. The number of sulfone groups is 1. The third kappa shape index (κ3) is 2.63. The molecule has 92 valence electrons. The number of amides is 2. The molecule has 0 aromatic carbocycles. The lowest BCUT2D eigenvalue weighted by molar-refractivity contribution is 0.123. The van der Waals surface area contributed by atoms with Gasteiger partial charge in [0.2, 0.25) is 0 Å².